The molecule has 0 aliphatic rings. The Balaban J connectivity index is 2.33. The second kappa shape index (κ2) is 7.11. The van der Waals surface area contributed by atoms with Gasteiger partial charge in [0.15, 0.2) is 0 Å². The van der Waals surface area contributed by atoms with Gasteiger partial charge in [-0.05, 0) is 19.9 Å². The number of aryl methyl sites for hydroxylation is 2. The van der Waals surface area contributed by atoms with Crippen molar-refractivity contribution in [3.05, 3.63) is 23.2 Å². The Bertz CT molecular complexity index is 570. The third kappa shape index (κ3) is 5.23. The molecule has 0 saturated carbocycles. The highest BCUT2D eigenvalue weighted by Crippen LogP contribution is 2.13. The highest BCUT2D eigenvalue weighted by Gasteiger charge is 2.20. The quantitative estimate of drug-likeness (QED) is 0.728. The van der Waals surface area contributed by atoms with Crippen LogP contribution in [0.15, 0.2) is 10.5 Å². The van der Waals surface area contributed by atoms with Gasteiger partial charge in [-0.25, -0.2) is 0 Å². The van der Waals surface area contributed by atoms with Crippen LogP contribution in [0.5, 0.6) is 0 Å². The van der Waals surface area contributed by atoms with E-state index in [9.17, 15) is 14.4 Å². The maximum Gasteiger partial charge on any atom is 0.273 e. The van der Waals surface area contributed by atoms with Crippen molar-refractivity contribution >= 4 is 17.7 Å². The topological polar surface area (TPSA) is 100 Å². The van der Waals surface area contributed by atoms with Gasteiger partial charge in [0.25, 0.3) is 5.91 Å². The summed E-state index contributed by atoms with van der Waals surface area (Å²) in [6.07, 6.45) is 0.0749. The molecule has 1 rings (SSSR count). The summed E-state index contributed by atoms with van der Waals surface area (Å²) in [6.45, 7) is 8.99. The van der Waals surface area contributed by atoms with E-state index in [2.05, 4.69) is 16.2 Å². The number of hydrogen-bond donors (Lipinski definition) is 3. The number of rotatable bonds is 4. The molecule has 1 aromatic rings. The number of hydrazine groups is 1. The molecular formula is C15H23N3O4. The van der Waals surface area contributed by atoms with Gasteiger partial charge in [0.2, 0.25) is 11.8 Å². The van der Waals surface area contributed by atoms with Crippen LogP contribution in [0.2, 0.25) is 0 Å². The number of carbonyl (C=O) groups excluding carboxylic acids is 3. The van der Waals surface area contributed by atoms with Crippen LogP contribution in [-0.4, -0.2) is 24.3 Å². The molecule has 3 N–H and O–H groups in total. The van der Waals surface area contributed by atoms with Gasteiger partial charge >= 0.3 is 0 Å². The summed E-state index contributed by atoms with van der Waals surface area (Å²) >= 11 is 0. The smallest absolute Gasteiger partial charge is 0.273 e. The van der Waals surface area contributed by atoms with E-state index in [1.165, 1.54) is 0 Å². The molecule has 3 amide bonds. The first-order chi connectivity index (χ1) is 10.1. The van der Waals surface area contributed by atoms with Crippen molar-refractivity contribution in [2.24, 2.45) is 5.41 Å². The van der Waals surface area contributed by atoms with E-state index in [-0.39, 0.29) is 24.8 Å². The highest BCUT2D eigenvalue weighted by atomic mass is 16.3. The van der Waals surface area contributed by atoms with Crippen molar-refractivity contribution in [3.63, 3.8) is 0 Å². The second-order valence-corrected chi connectivity index (χ2v) is 6.09. The molecule has 122 valence electrons. The third-order valence-corrected chi connectivity index (χ3v) is 2.92. The molecule has 7 nitrogen and oxygen atoms in total. The minimum atomic E-state index is -0.499. The lowest BCUT2D eigenvalue weighted by Gasteiger charge is -2.17. The first-order valence-electron chi connectivity index (χ1n) is 7.06. The standard InChI is InChI=1S/C15H23N3O4/c1-9-8-11(10(2)22-9)13(20)18-17-12(19)6-7-16-14(21)15(3,4)5/h8H,6-7H2,1-5H3,(H,16,21)(H,17,19)(H,18,20). The number of nitrogens with one attached hydrogen (secondary N) is 3. The van der Waals surface area contributed by atoms with Crippen LogP contribution in [0.25, 0.3) is 0 Å². The van der Waals surface area contributed by atoms with E-state index < -0.39 is 11.3 Å². The summed E-state index contributed by atoms with van der Waals surface area (Å²) in [5, 5.41) is 2.66. The summed E-state index contributed by atoms with van der Waals surface area (Å²) in [5.74, 6) is 0.149. The summed E-state index contributed by atoms with van der Waals surface area (Å²) in [5.41, 5.74) is 4.48. The van der Waals surface area contributed by atoms with Gasteiger partial charge in [-0.15, -0.1) is 0 Å². The van der Waals surface area contributed by atoms with Crippen molar-refractivity contribution in [1.82, 2.24) is 16.2 Å². The number of furan rings is 1. The van der Waals surface area contributed by atoms with Crippen molar-refractivity contribution in [2.45, 2.75) is 41.0 Å². The maximum absolute atomic E-state index is 11.8. The van der Waals surface area contributed by atoms with E-state index in [1.54, 1.807) is 40.7 Å². The Morgan fingerprint density at radius 1 is 1.14 bits per heavy atom. The Morgan fingerprint density at radius 3 is 2.27 bits per heavy atom. The predicted octanol–water partition coefficient (Wildman–Crippen LogP) is 1.21. The fraction of sp³-hybridized carbons (Fsp3) is 0.533. The molecule has 1 heterocycles. The molecule has 0 spiro atoms. The summed E-state index contributed by atoms with van der Waals surface area (Å²) in [7, 11) is 0. The van der Waals surface area contributed by atoms with Crippen molar-refractivity contribution < 1.29 is 18.8 Å². The van der Waals surface area contributed by atoms with Gasteiger partial charge in [-0.2, -0.15) is 0 Å². The van der Waals surface area contributed by atoms with Crippen LogP contribution in [0, 0.1) is 19.3 Å². The molecule has 1 aromatic heterocycles. The summed E-state index contributed by atoms with van der Waals surface area (Å²) in [4.78, 5) is 35.1. The SMILES string of the molecule is Cc1cc(C(=O)NNC(=O)CCNC(=O)C(C)(C)C)c(C)o1. The average molecular weight is 309 g/mol. The largest absolute Gasteiger partial charge is 0.466 e. The monoisotopic (exact) mass is 309 g/mol. The molecule has 0 fully saturated rings. The molecule has 22 heavy (non-hydrogen) atoms. The van der Waals surface area contributed by atoms with Crippen LogP contribution in [0.4, 0.5) is 0 Å². The zero-order chi connectivity index (χ0) is 16.9. The van der Waals surface area contributed by atoms with Crippen molar-refractivity contribution in [3.8, 4) is 0 Å². The minimum Gasteiger partial charge on any atom is -0.466 e. The normalized spacial score (nSPS) is 11.0. The number of amides is 3. The van der Waals surface area contributed by atoms with E-state index in [0.29, 0.717) is 17.1 Å². The molecule has 0 atom stereocenters. The highest BCUT2D eigenvalue weighted by molar-refractivity contribution is 5.96. The van der Waals surface area contributed by atoms with Crippen LogP contribution >= 0.6 is 0 Å². The lowest BCUT2D eigenvalue weighted by molar-refractivity contribution is -0.128. The van der Waals surface area contributed by atoms with E-state index in [1.807, 2.05) is 0 Å². The van der Waals surface area contributed by atoms with Crippen molar-refractivity contribution in [1.29, 1.82) is 0 Å². The van der Waals surface area contributed by atoms with Gasteiger partial charge in [0.05, 0.1) is 5.56 Å². The van der Waals surface area contributed by atoms with Gasteiger partial charge in [0, 0.05) is 18.4 Å². The van der Waals surface area contributed by atoms with Crippen LogP contribution in [0.1, 0.15) is 49.1 Å². The van der Waals surface area contributed by atoms with E-state index >= 15 is 0 Å². The maximum atomic E-state index is 11.8. The molecule has 0 saturated heterocycles. The Labute approximate surface area is 129 Å². The van der Waals surface area contributed by atoms with E-state index in [0.717, 1.165) is 0 Å². The zero-order valence-electron chi connectivity index (χ0n) is 13.6. The molecule has 7 heteroatoms. The predicted molar refractivity (Wildman–Crippen MR) is 80.9 cm³/mol. The van der Waals surface area contributed by atoms with Gasteiger partial charge < -0.3 is 9.73 Å². The molecule has 0 bridgehead atoms. The van der Waals surface area contributed by atoms with Gasteiger partial charge in [-0.3, -0.25) is 25.2 Å². The molecule has 0 unspecified atom stereocenters. The summed E-state index contributed by atoms with van der Waals surface area (Å²) < 4.78 is 5.24. The Hall–Kier alpha value is -2.31. The van der Waals surface area contributed by atoms with Crippen LogP contribution < -0.4 is 16.2 Å². The van der Waals surface area contributed by atoms with E-state index in [4.69, 9.17) is 4.42 Å². The number of carbonyl (C=O) groups is 3. The molecule has 0 aliphatic carbocycles. The van der Waals surface area contributed by atoms with Gasteiger partial charge in [-0.1, -0.05) is 20.8 Å². The second-order valence-electron chi connectivity index (χ2n) is 6.09. The molecule has 0 aliphatic heterocycles. The molecular weight excluding hydrogens is 286 g/mol. The Morgan fingerprint density at radius 2 is 1.77 bits per heavy atom. The van der Waals surface area contributed by atoms with Gasteiger partial charge in [0.1, 0.15) is 11.5 Å². The molecule has 0 radical (unpaired) electrons. The summed E-state index contributed by atoms with van der Waals surface area (Å²) in [6, 6.07) is 1.60. The number of hydrogen-bond acceptors (Lipinski definition) is 4. The van der Waals surface area contributed by atoms with Crippen molar-refractivity contribution in [2.75, 3.05) is 6.54 Å². The third-order valence-electron chi connectivity index (χ3n) is 2.92. The van der Waals surface area contributed by atoms with Crippen LogP contribution in [0.3, 0.4) is 0 Å². The lowest BCUT2D eigenvalue weighted by Crippen LogP contribution is -2.43. The first kappa shape index (κ1) is 17.7. The minimum absolute atomic E-state index is 0.0749. The average Bonchev–Trinajstić information content (AvgIpc) is 2.73. The lowest BCUT2D eigenvalue weighted by atomic mass is 9.96. The fourth-order valence-electron chi connectivity index (χ4n) is 1.67. The van der Waals surface area contributed by atoms with Crippen LogP contribution in [-0.2, 0) is 9.59 Å². The first-order valence-corrected chi connectivity index (χ1v) is 7.06. The Kier molecular flexibility index (Phi) is 5.73. The zero-order valence-corrected chi connectivity index (χ0v) is 13.6. The fourth-order valence-corrected chi connectivity index (χ4v) is 1.67. The molecule has 0 aromatic carbocycles.